The monoisotopic (exact) mass is 405 g/mol. The third kappa shape index (κ3) is 4.92. The molecule has 0 aromatic heterocycles. The molecule has 1 aliphatic heterocycles. The fourth-order valence-electron chi connectivity index (χ4n) is 3.76. The van der Waals surface area contributed by atoms with Gasteiger partial charge in [-0.15, -0.1) is 0 Å². The number of benzene rings is 1. The van der Waals surface area contributed by atoms with E-state index in [9.17, 15) is 26.7 Å². The second-order valence-electron chi connectivity index (χ2n) is 7.65. The first-order valence-corrected chi connectivity index (χ1v) is 9.34. The molecule has 1 saturated carbocycles. The highest BCUT2D eigenvalue weighted by atomic mass is 19.4. The molecule has 1 atom stereocenters. The molecule has 9 heteroatoms. The number of hydrogen-bond acceptors (Lipinski definition) is 3. The van der Waals surface area contributed by atoms with Crippen LogP contribution in [0.25, 0.3) is 0 Å². The van der Waals surface area contributed by atoms with E-state index in [1.165, 1.54) is 6.07 Å². The van der Waals surface area contributed by atoms with Crippen molar-refractivity contribution in [1.29, 1.82) is 0 Å². The molecule has 1 heterocycles. The van der Waals surface area contributed by atoms with Gasteiger partial charge in [-0.25, -0.2) is 8.78 Å². The summed E-state index contributed by atoms with van der Waals surface area (Å²) in [5.41, 5.74) is 0.192. The van der Waals surface area contributed by atoms with Crippen LogP contribution in [0.5, 0.6) is 0 Å². The van der Waals surface area contributed by atoms with Crippen LogP contribution in [-0.2, 0) is 17.5 Å². The molecule has 28 heavy (non-hydrogen) atoms. The zero-order valence-electron chi connectivity index (χ0n) is 15.7. The number of rotatable bonds is 4. The largest absolute Gasteiger partial charge is 0.416 e. The third-order valence-electron chi connectivity index (χ3n) is 5.48. The lowest BCUT2D eigenvalue weighted by atomic mass is 10.0. The number of likely N-dealkylation sites (N-methyl/N-ethyl adjacent to an activating group) is 1. The van der Waals surface area contributed by atoms with Crippen molar-refractivity contribution in [2.45, 2.75) is 37.9 Å². The van der Waals surface area contributed by atoms with E-state index in [0.29, 0.717) is 24.3 Å². The molecule has 0 spiro atoms. The van der Waals surface area contributed by atoms with E-state index in [1.807, 2.05) is 11.9 Å². The van der Waals surface area contributed by atoms with Gasteiger partial charge in [0.05, 0.1) is 5.56 Å². The van der Waals surface area contributed by atoms with Gasteiger partial charge in [0, 0.05) is 57.2 Å². The molecule has 1 unspecified atom stereocenters. The Morgan fingerprint density at radius 3 is 2.46 bits per heavy atom. The summed E-state index contributed by atoms with van der Waals surface area (Å²) in [7, 11) is 1.97. The van der Waals surface area contributed by atoms with Gasteiger partial charge in [-0.3, -0.25) is 4.79 Å². The highest BCUT2D eigenvalue weighted by Gasteiger charge is 2.42. The topological polar surface area (TPSA) is 35.6 Å². The highest BCUT2D eigenvalue weighted by molar-refractivity contribution is 5.79. The minimum atomic E-state index is -4.49. The molecule has 1 amide bonds. The average molecular weight is 405 g/mol. The van der Waals surface area contributed by atoms with E-state index in [2.05, 4.69) is 10.2 Å². The van der Waals surface area contributed by atoms with Crippen LogP contribution in [0, 0.1) is 5.92 Å². The Hall–Kier alpha value is -1.90. The summed E-state index contributed by atoms with van der Waals surface area (Å²) < 4.78 is 66.0. The summed E-state index contributed by atoms with van der Waals surface area (Å²) in [6, 6.07) is 3.51. The first-order chi connectivity index (χ1) is 13.0. The molecule has 1 aromatic rings. The number of nitrogens with one attached hydrogen (secondary N) is 1. The molecule has 1 saturated heterocycles. The lowest BCUT2D eigenvalue weighted by Crippen LogP contribution is -2.45. The quantitative estimate of drug-likeness (QED) is 0.779. The van der Waals surface area contributed by atoms with Crippen molar-refractivity contribution in [3.05, 3.63) is 29.3 Å². The predicted molar refractivity (Wildman–Crippen MR) is 95.3 cm³/mol. The van der Waals surface area contributed by atoms with E-state index in [4.69, 9.17) is 0 Å². The molecule has 2 fully saturated rings. The third-order valence-corrected chi connectivity index (χ3v) is 5.48. The molecule has 1 aliphatic carbocycles. The number of anilines is 1. The number of halogens is 5. The SMILES string of the molecule is CN1CCN(c2ccc(C(F)(F)F)cc2CNC(=O)C2CCC(F)(F)C2)CC1. The molecular weight excluding hydrogens is 381 g/mol. The Kier molecular flexibility index (Phi) is 5.84. The standard InChI is InChI=1S/C19H24F5N3O/c1-26-6-8-27(9-7-26)16-3-2-15(19(22,23)24)10-14(16)12-25-17(28)13-4-5-18(20,21)11-13/h2-3,10,13H,4-9,11-12H2,1H3,(H,25,28). The van der Waals surface area contributed by atoms with Crippen LogP contribution in [0.15, 0.2) is 18.2 Å². The Morgan fingerprint density at radius 2 is 1.89 bits per heavy atom. The maximum Gasteiger partial charge on any atom is 0.416 e. The van der Waals surface area contributed by atoms with Crippen LogP contribution in [0.1, 0.15) is 30.4 Å². The normalized spacial score (nSPS) is 23.1. The van der Waals surface area contributed by atoms with Crippen molar-refractivity contribution in [3.8, 4) is 0 Å². The molecule has 0 bridgehead atoms. The fraction of sp³-hybridized carbons (Fsp3) is 0.632. The Balaban J connectivity index is 1.76. The number of carbonyl (C=O) groups excluding carboxylic acids is 1. The minimum absolute atomic E-state index is 0.0900. The van der Waals surface area contributed by atoms with Crippen molar-refractivity contribution in [1.82, 2.24) is 10.2 Å². The first-order valence-electron chi connectivity index (χ1n) is 9.34. The summed E-state index contributed by atoms with van der Waals surface area (Å²) in [6.07, 6.45) is -5.24. The van der Waals surface area contributed by atoms with Gasteiger partial charge in [0.1, 0.15) is 0 Å². The fourth-order valence-corrected chi connectivity index (χ4v) is 3.76. The zero-order chi connectivity index (χ0) is 20.5. The maximum absolute atomic E-state index is 13.3. The molecule has 1 aromatic carbocycles. The molecule has 0 radical (unpaired) electrons. The second-order valence-corrected chi connectivity index (χ2v) is 7.65. The number of amides is 1. The smallest absolute Gasteiger partial charge is 0.369 e. The number of alkyl halides is 5. The number of hydrogen-bond donors (Lipinski definition) is 1. The van der Waals surface area contributed by atoms with Gasteiger partial charge in [0.15, 0.2) is 0 Å². The lowest BCUT2D eigenvalue weighted by molar-refractivity contribution is -0.137. The van der Waals surface area contributed by atoms with Gasteiger partial charge in [-0.2, -0.15) is 13.2 Å². The Bertz CT molecular complexity index is 714. The minimum Gasteiger partial charge on any atom is -0.369 e. The summed E-state index contributed by atoms with van der Waals surface area (Å²) in [4.78, 5) is 16.4. The van der Waals surface area contributed by atoms with Crippen LogP contribution in [0.2, 0.25) is 0 Å². The maximum atomic E-state index is 13.3. The van der Waals surface area contributed by atoms with Gasteiger partial charge < -0.3 is 15.1 Å². The summed E-state index contributed by atoms with van der Waals surface area (Å²) >= 11 is 0. The Morgan fingerprint density at radius 1 is 1.21 bits per heavy atom. The van der Waals surface area contributed by atoms with Crippen LogP contribution < -0.4 is 10.2 Å². The van der Waals surface area contributed by atoms with Crippen molar-refractivity contribution in [3.63, 3.8) is 0 Å². The predicted octanol–water partition coefficient (Wildman–Crippen LogP) is 3.51. The lowest BCUT2D eigenvalue weighted by Gasteiger charge is -2.35. The van der Waals surface area contributed by atoms with E-state index >= 15 is 0 Å². The van der Waals surface area contributed by atoms with Gasteiger partial charge in [0.2, 0.25) is 11.8 Å². The van der Waals surface area contributed by atoms with Crippen LogP contribution in [-0.4, -0.2) is 50.0 Å². The molecule has 2 aliphatic rings. The van der Waals surface area contributed by atoms with Crippen molar-refractivity contribution >= 4 is 11.6 Å². The summed E-state index contributed by atoms with van der Waals surface area (Å²) in [5, 5.41) is 2.57. The Labute approximate surface area is 160 Å². The van der Waals surface area contributed by atoms with Crippen LogP contribution in [0.4, 0.5) is 27.6 Å². The van der Waals surface area contributed by atoms with E-state index in [0.717, 1.165) is 25.2 Å². The molecule has 4 nitrogen and oxygen atoms in total. The van der Waals surface area contributed by atoms with Crippen molar-refractivity contribution in [2.75, 3.05) is 38.1 Å². The van der Waals surface area contributed by atoms with E-state index in [-0.39, 0.29) is 19.4 Å². The van der Waals surface area contributed by atoms with Crippen molar-refractivity contribution < 1.29 is 26.7 Å². The molecule has 156 valence electrons. The van der Waals surface area contributed by atoms with Crippen LogP contribution in [0.3, 0.4) is 0 Å². The van der Waals surface area contributed by atoms with E-state index in [1.54, 1.807) is 0 Å². The van der Waals surface area contributed by atoms with Gasteiger partial charge in [-0.05, 0) is 37.2 Å². The average Bonchev–Trinajstić information content (AvgIpc) is 2.99. The molecule has 1 N–H and O–H groups in total. The van der Waals surface area contributed by atoms with Crippen molar-refractivity contribution in [2.24, 2.45) is 5.92 Å². The zero-order valence-corrected chi connectivity index (χ0v) is 15.7. The van der Waals surface area contributed by atoms with Gasteiger partial charge in [-0.1, -0.05) is 0 Å². The van der Waals surface area contributed by atoms with E-state index < -0.39 is 35.9 Å². The summed E-state index contributed by atoms with van der Waals surface area (Å²) in [6.45, 7) is 2.77. The number of nitrogens with zero attached hydrogens (tertiary/aromatic N) is 2. The summed E-state index contributed by atoms with van der Waals surface area (Å²) in [5.74, 6) is -4.17. The highest BCUT2D eigenvalue weighted by Crippen LogP contribution is 2.39. The molecule has 3 rings (SSSR count). The first kappa shape index (κ1) is 20.8. The molecular formula is C19H24F5N3O. The van der Waals surface area contributed by atoms with Gasteiger partial charge >= 0.3 is 6.18 Å². The number of piperazine rings is 1. The van der Waals surface area contributed by atoms with Crippen LogP contribution >= 0.6 is 0 Å². The number of carbonyl (C=O) groups is 1. The van der Waals surface area contributed by atoms with Gasteiger partial charge in [0.25, 0.3) is 0 Å². The second kappa shape index (κ2) is 7.85.